The molecule has 0 bridgehead atoms. The number of pyridine rings is 1. The minimum Gasteiger partial charge on any atom is -0.490 e. The lowest BCUT2D eigenvalue weighted by atomic mass is 10.1. The van der Waals surface area contributed by atoms with Crippen LogP contribution < -0.4 is 14.8 Å². The highest BCUT2D eigenvalue weighted by Gasteiger charge is 2.15. The Bertz CT molecular complexity index is 749. The van der Waals surface area contributed by atoms with Crippen molar-refractivity contribution in [3.8, 4) is 11.5 Å². The SMILES string of the molecule is CCOc1cc(C(=O)NCC(C)C(=O)O)ccc1OCc1cccnc1. The van der Waals surface area contributed by atoms with E-state index in [4.69, 9.17) is 14.6 Å². The summed E-state index contributed by atoms with van der Waals surface area (Å²) in [5.41, 5.74) is 1.29. The molecular formula is C19H22N2O5. The summed E-state index contributed by atoms with van der Waals surface area (Å²) in [6.07, 6.45) is 3.40. The third kappa shape index (κ3) is 5.47. The second-order valence-corrected chi connectivity index (χ2v) is 5.69. The molecule has 1 atom stereocenters. The average Bonchev–Trinajstić information content (AvgIpc) is 2.65. The van der Waals surface area contributed by atoms with E-state index in [1.807, 2.05) is 19.1 Å². The Hall–Kier alpha value is -3.09. The zero-order chi connectivity index (χ0) is 18.9. The van der Waals surface area contributed by atoms with Crippen LogP contribution >= 0.6 is 0 Å². The fourth-order valence-electron chi connectivity index (χ4n) is 2.12. The Morgan fingerprint density at radius 1 is 1.23 bits per heavy atom. The highest BCUT2D eigenvalue weighted by molar-refractivity contribution is 5.95. The van der Waals surface area contributed by atoms with Gasteiger partial charge in [0.2, 0.25) is 0 Å². The number of hydrogen-bond acceptors (Lipinski definition) is 5. The molecule has 0 saturated heterocycles. The van der Waals surface area contributed by atoms with Gasteiger partial charge in [0.25, 0.3) is 5.91 Å². The summed E-state index contributed by atoms with van der Waals surface area (Å²) in [5, 5.41) is 11.5. The van der Waals surface area contributed by atoms with Crippen molar-refractivity contribution < 1.29 is 24.2 Å². The Morgan fingerprint density at radius 3 is 2.69 bits per heavy atom. The average molecular weight is 358 g/mol. The molecular weight excluding hydrogens is 336 g/mol. The van der Waals surface area contributed by atoms with Gasteiger partial charge < -0.3 is 19.9 Å². The molecule has 0 aliphatic heterocycles. The predicted octanol–water partition coefficient (Wildman–Crippen LogP) is 2.51. The lowest BCUT2D eigenvalue weighted by Gasteiger charge is -2.14. The number of carboxylic acid groups (broad SMARTS) is 1. The summed E-state index contributed by atoms with van der Waals surface area (Å²) in [6.45, 7) is 4.17. The molecule has 7 nitrogen and oxygen atoms in total. The van der Waals surface area contributed by atoms with Gasteiger partial charge >= 0.3 is 5.97 Å². The third-order valence-corrected chi connectivity index (χ3v) is 3.61. The van der Waals surface area contributed by atoms with Crippen molar-refractivity contribution in [3.05, 3.63) is 53.9 Å². The molecule has 2 aromatic rings. The summed E-state index contributed by atoms with van der Waals surface area (Å²) in [7, 11) is 0. The van der Waals surface area contributed by atoms with E-state index in [1.54, 1.807) is 30.6 Å². The van der Waals surface area contributed by atoms with Gasteiger partial charge in [-0.1, -0.05) is 13.0 Å². The molecule has 0 spiro atoms. The minimum absolute atomic E-state index is 0.0530. The maximum absolute atomic E-state index is 12.2. The van der Waals surface area contributed by atoms with Crippen molar-refractivity contribution >= 4 is 11.9 Å². The van der Waals surface area contributed by atoms with Gasteiger partial charge in [0.15, 0.2) is 11.5 Å². The molecule has 26 heavy (non-hydrogen) atoms. The van der Waals surface area contributed by atoms with Crippen molar-refractivity contribution in [1.29, 1.82) is 0 Å². The van der Waals surface area contributed by atoms with Gasteiger partial charge in [0, 0.05) is 30.1 Å². The molecule has 0 aliphatic carbocycles. The van der Waals surface area contributed by atoms with E-state index in [1.165, 1.54) is 6.92 Å². The summed E-state index contributed by atoms with van der Waals surface area (Å²) in [4.78, 5) is 27.1. The number of ether oxygens (including phenoxy) is 2. The van der Waals surface area contributed by atoms with E-state index >= 15 is 0 Å². The van der Waals surface area contributed by atoms with Crippen LogP contribution in [0.3, 0.4) is 0 Å². The number of amides is 1. The number of rotatable bonds is 9. The molecule has 1 aromatic carbocycles. The molecule has 138 valence electrons. The predicted molar refractivity (Wildman–Crippen MR) is 95.3 cm³/mol. The Morgan fingerprint density at radius 2 is 2.04 bits per heavy atom. The molecule has 2 rings (SSSR count). The van der Waals surface area contributed by atoms with E-state index in [-0.39, 0.29) is 12.5 Å². The maximum Gasteiger partial charge on any atom is 0.308 e. The number of nitrogens with zero attached hydrogens (tertiary/aromatic N) is 1. The number of hydrogen-bond donors (Lipinski definition) is 2. The van der Waals surface area contributed by atoms with Crippen molar-refractivity contribution in [2.75, 3.05) is 13.2 Å². The standard InChI is InChI=1S/C19H22N2O5/c1-3-25-17-9-15(18(22)21-10-13(2)19(23)24)6-7-16(17)26-12-14-5-4-8-20-11-14/h4-9,11,13H,3,10,12H2,1-2H3,(H,21,22)(H,23,24). The number of carbonyl (C=O) groups excluding carboxylic acids is 1. The third-order valence-electron chi connectivity index (χ3n) is 3.61. The zero-order valence-electron chi connectivity index (χ0n) is 14.8. The Balaban J connectivity index is 2.06. The largest absolute Gasteiger partial charge is 0.490 e. The molecule has 0 radical (unpaired) electrons. The van der Waals surface area contributed by atoms with E-state index in [9.17, 15) is 9.59 Å². The lowest BCUT2D eigenvalue weighted by molar-refractivity contribution is -0.140. The summed E-state index contributed by atoms with van der Waals surface area (Å²) >= 11 is 0. The topological polar surface area (TPSA) is 97.8 Å². The quantitative estimate of drug-likeness (QED) is 0.715. The van der Waals surface area contributed by atoms with Gasteiger partial charge in [-0.15, -0.1) is 0 Å². The smallest absolute Gasteiger partial charge is 0.308 e. The van der Waals surface area contributed by atoms with E-state index in [2.05, 4.69) is 10.3 Å². The van der Waals surface area contributed by atoms with Gasteiger partial charge in [0.1, 0.15) is 6.61 Å². The Kier molecular flexibility index (Phi) is 6.96. The number of nitrogens with one attached hydrogen (secondary N) is 1. The Labute approximate surface area is 152 Å². The molecule has 0 saturated carbocycles. The second kappa shape index (κ2) is 9.41. The van der Waals surface area contributed by atoms with Crippen LogP contribution in [-0.4, -0.2) is 35.1 Å². The number of benzene rings is 1. The molecule has 1 amide bonds. The number of carbonyl (C=O) groups is 2. The molecule has 2 N–H and O–H groups in total. The first-order valence-corrected chi connectivity index (χ1v) is 8.30. The van der Waals surface area contributed by atoms with Gasteiger partial charge in [-0.25, -0.2) is 0 Å². The summed E-state index contributed by atoms with van der Waals surface area (Å²) < 4.78 is 11.3. The first kappa shape index (κ1) is 19.2. The van der Waals surface area contributed by atoms with Gasteiger partial charge in [0.05, 0.1) is 12.5 Å². The van der Waals surface area contributed by atoms with E-state index < -0.39 is 11.9 Å². The molecule has 7 heteroatoms. The van der Waals surface area contributed by atoms with Crippen LogP contribution in [-0.2, 0) is 11.4 Å². The van der Waals surface area contributed by atoms with Crippen LogP contribution in [0.4, 0.5) is 0 Å². The number of aromatic nitrogens is 1. The molecule has 1 heterocycles. The summed E-state index contributed by atoms with van der Waals surface area (Å²) in [5.74, 6) is -1.01. The van der Waals surface area contributed by atoms with Crippen LogP contribution in [0.15, 0.2) is 42.7 Å². The fourth-order valence-corrected chi connectivity index (χ4v) is 2.12. The lowest BCUT2D eigenvalue weighted by Crippen LogP contribution is -2.31. The van der Waals surface area contributed by atoms with Gasteiger partial charge in [-0.05, 0) is 31.2 Å². The first-order valence-electron chi connectivity index (χ1n) is 8.30. The molecule has 0 aliphatic rings. The maximum atomic E-state index is 12.2. The monoisotopic (exact) mass is 358 g/mol. The van der Waals surface area contributed by atoms with Crippen molar-refractivity contribution in [2.24, 2.45) is 5.92 Å². The van der Waals surface area contributed by atoms with Crippen LogP contribution in [0, 0.1) is 5.92 Å². The summed E-state index contributed by atoms with van der Waals surface area (Å²) in [6, 6.07) is 8.59. The molecule has 1 aromatic heterocycles. The fraction of sp³-hybridized carbons (Fsp3) is 0.316. The normalized spacial score (nSPS) is 11.5. The second-order valence-electron chi connectivity index (χ2n) is 5.69. The first-order chi connectivity index (χ1) is 12.5. The van der Waals surface area contributed by atoms with Crippen LogP contribution in [0.25, 0.3) is 0 Å². The number of carboxylic acids is 1. The van der Waals surface area contributed by atoms with Gasteiger partial charge in [-0.3, -0.25) is 14.6 Å². The van der Waals surface area contributed by atoms with Gasteiger partial charge in [-0.2, -0.15) is 0 Å². The highest BCUT2D eigenvalue weighted by atomic mass is 16.5. The van der Waals surface area contributed by atoms with E-state index in [0.29, 0.717) is 30.3 Å². The molecule has 0 fully saturated rings. The van der Waals surface area contributed by atoms with Crippen molar-refractivity contribution in [1.82, 2.24) is 10.3 Å². The highest BCUT2D eigenvalue weighted by Crippen LogP contribution is 2.29. The zero-order valence-corrected chi connectivity index (χ0v) is 14.8. The van der Waals surface area contributed by atoms with Crippen molar-refractivity contribution in [3.63, 3.8) is 0 Å². The van der Waals surface area contributed by atoms with E-state index in [0.717, 1.165) is 5.56 Å². The number of aliphatic carboxylic acids is 1. The van der Waals surface area contributed by atoms with Crippen LogP contribution in [0.1, 0.15) is 29.8 Å². The molecule has 1 unspecified atom stereocenters. The van der Waals surface area contributed by atoms with Crippen LogP contribution in [0.2, 0.25) is 0 Å². The van der Waals surface area contributed by atoms with Crippen LogP contribution in [0.5, 0.6) is 11.5 Å². The van der Waals surface area contributed by atoms with Crippen molar-refractivity contribution in [2.45, 2.75) is 20.5 Å². The minimum atomic E-state index is -0.959.